The number of aliphatic carboxylic acids is 1. The Morgan fingerprint density at radius 2 is 1.87 bits per heavy atom. The van der Waals surface area contributed by atoms with Gasteiger partial charge in [-0.2, -0.15) is 0 Å². The summed E-state index contributed by atoms with van der Waals surface area (Å²) in [6, 6.07) is 14.7. The third kappa shape index (κ3) is 5.66. The molecule has 160 valence electrons. The second-order valence-corrected chi connectivity index (χ2v) is 7.82. The van der Waals surface area contributed by atoms with Gasteiger partial charge in [0.2, 0.25) is 5.91 Å². The van der Waals surface area contributed by atoms with Gasteiger partial charge in [-0.15, -0.1) is 0 Å². The largest absolute Gasteiger partial charge is 0.481 e. The Bertz CT molecular complexity index is 1060. The van der Waals surface area contributed by atoms with Crippen molar-refractivity contribution in [3.8, 4) is 0 Å². The van der Waals surface area contributed by atoms with E-state index in [2.05, 4.69) is 15.6 Å². The molecule has 3 rings (SSSR count). The van der Waals surface area contributed by atoms with Crippen molar-refractivity contribution in [3.05, 3.63) is 71.4 Å². The lowest BCUT2D eigenvalue weighted by Gasteiger charge is -2.25. The monoisotopic (exact) mass is 418 g/mol. The molecule has 2 aromatic rings. The summed E-state index contributed by atoms with van der Waals surface area (Å²) in [5.41, 5.74) is 3.28. The molecule has 0 fully saturated rings. The van der Waals surface area contributed by atoms with Gasteiger partial charge in [0.1, 0.15) is 0 Å². The molecule has 0 saturated carbocycles. The number of benzene rings is 2. The van der Waals surface area contributed by atoms with Gasteiger partial charge in [-0.25, -0.2) is 0 Å². The summed E-state index contributed by atoms with van der Waals surface area (Å²) in [6.07, 6.45) is 3.95. The van der Waals surface area contributed by atoms with E-state index in [1.54, 1.807) is 18.3 Å². The summed E-state index contributed by atoms with van der Waals surface area (Å²) in [5, 5.41) is 23.2. The van der Waals surface area contributed by atoms with Gasteiger partial charge >= 0.3 is 5.97 Å². The van der Waals surface area contributed by atoms with Crippen LogP contribution >= 0.6 is 0 Å². The van der Waals surface area contributed by atoms with E-state index in [4.69, 9.17) is 10.5 Å². The third-order valence-electron chi connectivity index (χ3n) is 5.17. The van der Waals surface area contributed by atoms with E-state index in [0.29, 0.717) is 29.9 Å². The lowest BCUT2D eigenvalue weighted by atomic mass is 9.85. The topological polar surface area (TPSA) is 115 Å². The van der Waals surface area contributed by atoms with Gasteiger partial charge in [-0.3, -0.25) is 14.6 Å². The van der Waals surface area contributed by atoms with Crippen LogP contribution in [0.15, 0.2) is 65.3 Å². The van der Waals surface area contributed by atoms with Crippen LogP contribution in [0.3, 0.4) is 0 Å². The Kier molecular flexibility index (Phi) is 6.65. The molecular weight excluding hydrogens is 392 g/mol. The van der Waals surface area contributed by atoms with E-state index in [1.807, 2.05) is 56.3 Å². The van der Waals surface area contributed by atoms with E-state index < -0.39 is 11.4 Å². The zero-order valence-corrected chi connectivity index (χ0v) is 17.6. The van der Waals surface area contributed by atoms with Gasteiger partial charge in [0, 0.05) is 35.4 Å². The summed E-state index contributed by atoms with van der Waals surface area (Å²) in [7, 11) is 0. The maximum atomic E-state index is 12.7. The second-order valence-electron chi connectivity index (χ2n) is 7.82. The van der Waals surface area contributed by atoms with Crippen molar-refractivity contribution in [2.75, 3.05) is 10.6 Å². The zero-order chi connectivity index (χ0) is 22.4. The molecular formula is C24H26N4O3. The molecule has 0 bridgehead atoms. The number of carbonyl (C=O) groups excluding carboxylic acids is 1. The number of carboxylic acid groups (broad SMARTS) is 1. The number of aliphatic imine (C=N–C) groups is 1. The molecule has 0 aliphatic carbocycles. The molecule has 0 aromatic heterocycles. The number of nitrogens with one attached hydrogen (secondary N) is 3. The number of hydrogen-bond donors (Lipinski definition) is 4. The van der Waals surface area contributed by atoms with Gasteiger partial charge in [0.25, 0.3) is 0 Å². The summed E-state index contributed by atoms with van der Waals surface area (Å²) >= 11 is 0. The number of para-hydroxylation sites is 1. The van der Waals surface area contributed by atoms with E-state index in [0.717, 1.165) is 11.3 Å². The minimum atomic E-state index is -1.03. The molecule has 2 aromatic carbocycles. The smallest absolute Gasteiger partial charge is 0.309 e. The van der Waals surface area contributed by atoms with Crippen molar-refractivity contribution in [2.24, 2.45) is 10.4 Å². The molecule has 7 heteroatoms. The first-order chi connectivity index (χ1) is 14.8. The number of anilines is 2. The minimum absolute atomic E-state index is 0.0541. The van der Waals surface area contributed by atoms with Crippen LogP contribution < -0.4 is 10.6 Å². The highest BCUT2D eigenvalue weighted by Gasteiger charge is 2.32. The van der Waals surface area contributed by atoms with E-state index >= 15 is 0 Å². The highest BCUT2D eigenvalue weighted by atomic mass is 16.4. The van der Waals surface area contributed by atoms with E-state index in [9.17, 15) is 9.59 Å². The molecule has 7 nitrogen and oxygen atoms in total. The Morgan fingerprint density at radius 3 is 2.52 bits per heavy atom. The molecule has 4 N–H and O–H groups in total. The van der Waals surface area contributed by atoms with Crippen LogP contribution in [-0.2, 0) is 16.1 Å². The van der Waals surface area contributed by atoms with Gasteiger partial charge in [-0.1, -0.05) is 36.4 Å². The lowest BCUT2D eigenvalue weighted by molar-refractivity contribution is -0.135. The molecule has 0 radical (unpaired) electrons. The van der Waals surface area contributed by atoms with E-state index in [1.165, 1.54) is 0 Å². The quantitative estimate of drug-likeness (QED) is 0.474. The maximum Gasteiger partial charge on any atom is 0.309 e. The van der Waals surface area contributed by atoms with Crippen LogP contribution in [-0.4, -0.2) is 28.9 Å². The first kappa shape index (κ1) is 22.0. The second kappa shape index (κ2) is 9.38. The summed E-state index contributed by atoms with van der Waals surface area (Å²) in [6.45, 7) is 4.28. The van der Waals surface area contributed by atoms with Crippen LogP contribution in [0.5, 0.6) is 0 Å². The lowest BCUT2D eigenvalue weighted by Crippen LogP contribution is -2.35. The molecule has 31 heavy (non-hydrogen) atoms. The molecule has 1 unspecified atom stereocenters. The molecule has 1 heterocycles. The zero-order valence-electron chi connectivity index (χ0n) is 17.6. The third-order valence-corrected chi connectivity index (χ3v) is 5.17. The maximum absolute atomic E-state index is 12.7. The normalized spacial score (nSPS) is 17.5. The number of rotatable bonds is 8. The number of nitrogens with zero attached hydrogens (tertiary/aromatic N) is 1. The number of amides is 1. The molecule has 1 aliphatic rings. The van der Waals surface area contributed by atoms with Crippen molar-refractivity contribution in [3.63, 3.8) is 0 Å². The summed E-state index contributed by atoms with van der Waals surface area (Å²) in [5.74, 6) is -1.13. The number of carbonyl (C=O) groups is 2. The first-order valence-electron chi connectivity index (χ1n) is 10.0. The van der Waals surface area contributed by atoms with Crippen molar-refractivity contribution >= 4 is 35.2 Å². The molecule has 0 spiro atoms. The molecule has 1 atom stereocenters. The Morgan fingerprint density at radius 1 is 1.16 bits per heavy atom. The van der Waals surface area contributed by atoms with Crippen LogP contribution in [0.2, 0.25) is 0 Å². The number of carboxylic acids is 1. The van der Waals surface area contributed by atoms with Gasteiger partial charge in [-0.05, 0) is 44.0 Å². The molecule has 1 aliphatic heterocycles. The van der Waals surface area contributed by atoms with Crippen LogP contribution in [0.4, 0.5) is 11.4 Å². The predicted octanol–water partition coefficient (Wildman–Crippen LogP) is 4.46. The Hall–Kier alpha value is -3.74. The fourth-order valence-corrected chi connectivity index (χ4v) is 3.18. The SMILES string of the molecule is CC1=CCC(C)(C(=O)Nc2ccc(CNc3ccccc3C(=N)CC(=O)O)cc2)C=N1. The van der Waals surface area contributed by atoms with Gasteiger partial charge < -0.3 is 21.1 Å². The van der Waals surface area contributed by atoms with Crippen LogP contribution in [0.25, 0.3) is 0 Å². The fraction of sp³-hybridized carbons (Fsp3) is 0.250. The van der Waals surface area contributed by atoms with Crippen molar-refractivity contribution in [1.29, 1.82) is 5.41 Å². The van der Waals surface area contributed by atoms with Crippen molar-refractivity contribution < 1.29 is 14.7 Å². The van der Waals surface area contributed by atoms with Gasteiger partial charge in [0.05, 0.1) is 17.5 Å². The van der Waals surface area contributed by atoms with Crippen LogP contribution in [0.1, 0.15) is 37.8 Å². The highest BCUT2D eigenvalue weighted by molar-refractivity contribution is 6.10. The van der Waals surface area contributed by atoms with Crippen molar-refractivity contribution in [1.82, 2.24) is 0 Å². The van der Waals surface area contributed by atoms with Crippen LogP contribution in [0, 0.1) is 10.8 Å². The Balaban J connectivity index is 1.61. The minimum Gasteiger partial charge on any atom is -0.481 e. The predicted molar refractivity (Wildman–Crippen MR) is 123 cm³/mol. The molecule has 0 saturated heterocycles. The number of hydrogen-bond acceptors (Lipinski definition) is 5. The van der Waals surface area contributed by atoms with E-state index in [-0.39, 0.29) is 18.0 Å². The number of allylic oxidation sites excluding steroid dienone is 2. The first-order valence-corrected chi connectivity index (χ1v) is 10.0. The Labute approximate surface area is 181 Å². The summed E-state index contributed by atoms with van der Waals surface area (Å²) < 4.78 is 0. The van der Waals surface area contributed by atoms with Gasteiger partial charge in [0.15, 0.2) is 0 Å². The fourth-order valence-electron chi connectivity index (χ4n) is 3.18. The standard InChI is InChI=1S/C24H26N4O3/c1-16-11-12-24(2,15-27-16)23(31)28-18-9-7-17(8-10-18)14-26-21-6-4-3-5-19(21)20(25)13-22(29)30/h3-11,15,25-26H,12-14H2,1-2H3,(H,28,31)(H,29,30). The highest BCUT2D eigenvalue weighted by Crippen LogP contribution is 2.27. The molecule has 1 amide bonds. The average molecular weight is 418 g/mol. The summed E-state index contributed by atoms with van der Waals surface area (Å²) in [4.78, 5) is 27.8. The average Bonchev–Trinajstić information content (AvgIpc) is 2.75. The van der Waals surface area contributed by atoms with Crippen molar-refractivity contribution in [2.45, 2.75) is 33.2 Å².